The van der Waals surface area contributed by atoms with Gasteiger partial charge in [0.2, 0.25) is 11.9 Å². The number of carbonyl (C=O) groups is 1. The van der Waals surface area contributed by atoms with Gasteiger partial charge in [-0.2, -0.15) is 4.98 Å². The van der Waals surface area contributed by atoms with Gasteiger partial charge in [0.15, 0.2) is 5.82 Å². The number of benzene rings is 3. The van der Waals surface area contributed by atoms with Crippen molar-refractivity contribution in [3.8, 4) is 0 Å². The van der Waals surface area contributed by atoms with E-state index in [-0.39, 0.29) is 12.3 Å². The molecular formula is C27H26ClN5O. The molecule has 0 spiro atoms. The first kappa shape index (κ1) is 23.3. The van der Waals surface area contributed by atoms with Gasteiger partial charge in [-0.1, -0.05) is 59.1 Å². The highest BCUT2D eigenvalue weighted by atomic mass is 35.5. The summed E-state index contributed by atoms with van der Waals surface area (Å²) in [7, 11) is 0. The largest absolute Gasteiger partial charge is 0.338 e. The summed E-state index contributed by atoms with van der Waals surface area (Å²) in [5, 5.41) is 10.2. The first-order valence-electron chi connectivity index (χ1n) is 11.0. The molecular weight excluding hydrogens is 446 g/mol. The summed E-state index contributed by atoms with van der Waals surface area (Å²) in [5.41, 5.74) is 6.11. The van der Waals surface area contributed by atoms with Crippen LogP contribution in [0.2, 0.25) is 5.02 Å². The summed E-state index contributed by atoms with van der Waals surface area (Å²) < 4.78 is 0. The molecule has 3 aromatic carbocycles. The molecule has 1 aromatic heterocycles. The standard InChI is InChI=1S/C27H26ClN5O/c1-17-4-12-22(13-5-17)30-26-25(32-24(34)16-20-8-10-21(28)11-9-20)19(3)29-27(33-26)31-23-14-6-18(2)7-15-23/h4-15H,16H2,1-3H3,(H,32,34)(H2,29,30,31,33). The second-order valence-corrected chi connectivity index (χ2v) is 8.63. The van der Waals surface area contributed by atoms with Gasteiger partial charge in [0.25, 0.3) is 0 Å². The number of aromatic nitrogens is 2. The zero-order valence-corrected chi connectivity index (χ0v) is 20.1. The summed E-state index contributed by atoms with van der Waals surface area (Å²) >= 11 is 5.96. The Kier molecular flexibility index (Phi) is 7.09. The number of anilines is 5. The molecule has 0 atom stereocenters. The van der Waals surface area contributed by atoms with Crippen molar-refractivity contribution in [2.24, 2.45) is 0 Å². The van der Waals surface area contributed by atoms with Crippen LogP contribution in [0.15, 0.2) is 72.8 Å². The van der Waals surface area contributed by atoms with Crippen LogP contribution in [-0.2, 0) is 11.2 Å². The number of carbonyl (C=O) groups excluding carboxylic acids is 1. The van der Waals surface area contributed by atoms with E-state index in [2.05, 4.69) is 25.9 Å². The van der Waals surface area contributed by atoms with E-state index in [9.17, 15) is 4.79 Å². The van der Waals surface area contributed by atoms with Crippen molar-refractivity contribution in [3.63, 3.8) is 0 Å². The quantitative estimate of drug-likeness (QED) is 0.278. The number of nitrogens with one attached hydrogen (secondary N) is 3. The number of halogens is 1. The van der Waals surface area contributed by atoms with E-state index in [1.807, 2.05) is 81.4 Å². The molecule has 172 valence electrons. The Morgan fingerprint density at radius 2 is 1.32 bits per heavy atom. The average Bonchev–Trinajstić information content (AvgIpc) is 2.81. The lowest BCUT2D eigenvalue weighted by molar-refractivity contribution is -0.115. The molecule has 1 amide bonds. The van der Waals surface area contributed by atoms with Gasteiger partial charge < -0.3 is 16.0 Å². The molecule has 34 heavy (non-hydrogen) atoms. The zero-order valence-electron chi connectivity index (χ0n) is 19.3. The van der Waals surface area contributed by atoms with Crippen LogP contribution in [0.1, 0.15) is 22.4 Å². The molecule has 0 aliphatic carbocycles. The molecule has 3 N–H and O–H groups in total. The number of aryl methyl sites for hydroxylation is 3. The Morgan fingerprint density at radius 3 is 1.91 bits per heavy atom. The monoisotopic (exact) mass is 471 g/mol. The second kappa shape index (κ2) is 10.4. The predicted octanol–water partition coefficient (Wildman–Crippen LogP) is 6.72. The normalized spacial score (nSPS) is 10.6. The van der Waals surface area contributed by atoms with Crippen LogP contribution in [0.5, 0.6) is 0 Å². The fraction of sp³-hybridized carbons (Fsp3) is 0.148. The minimum absolute atomic E-state index is 0.166. The highest BCUT2D eigenvalue weighted by Crippen LogP contribution is 2.29. The summed E-state index contributed by atoms with van der Waals surface area (Å²) in [5.74, 6) is 0.780. The van der Waals surface area contributed by atoms with Crippen molar-refractivity contribution in [1.29, 1.82) is 0 Å². The van der Waals surface area contributed by atoms with E-state index >= 15 is 0 Å². The van der Waals surface area contributed by atoms with Crippen LogP contribution in [-0.4, -0.2) is 15.9 Å². The topological polar surface area (TPSA) is 78.9 Å². The van der Waals surface area contributed by atoms with Crippen molar-refractivity contribution in [2.75, 3.05) is 16.0 Å². The van der Waals surface area contributed by atoms with Crippen molar-refractivity contribution >= 4 is 46.3 Å². The van der Waals surface area contributed by atoms with Gasteiger partial charge in [-0.15, -0.1) is 0 Å². The molecule has 0 aliphatic rings. The van der Waals surface area contributed by atoms with Crippen LogP contribution in [0.4, 0.5) is 28.8 Å². The molecule has 0 unspecified atom stereocenters. The predicted molar refractivity (Wildman–Crippen MR) is 139 cm³/mol. The Bertz CT molecular complexity index is 1290. The van der Waals surface area contributed by atoms with Crippen molar-refractivity contribution in [1.82, 2.24) is 9.97 Å². The lowest BCUT2D eigenvalue weighted by atomic mass is 10.1. The lowest BCUT2D eigenvalue weighted by Gasteiger charge is -2.16. The van der Waals surface area contributed by atoms with Crippen LogP contribution in [0, 0.1) is 20.8 Å². The molecule has 0 fully saturated rings. The summed E-state index contributed by atoms with van der Waals surface area (Å²) in [6.07, 6.45) is 0.212. The fourth-order valence-electron chi connectivity index (χ4n) is 3.38. The lowest BCUT2D eigenvalue weighted by Crippen LogP contribution is -2.18. The fourth-order valence-corrected chi connectivity index (χ4v) is 3.51. The molecule has 0 bridgehead atoms. The highest BCUT2D eigenvalue weighted by molar-refractivity contribution is 6.30. The molecule has 0 aliphatic heterocycles. The first-order chi connectivity index (χ1) is 16.4. The molecule has 0 radical (unpaired) electrons. The summed E-state index contributed by atoms with van der Waals surface area (Å²) in [6, 6.07) is 23.2. The van der Waals surface area contributed by atoms with E-state index in [0.717, 1.165) is 22.5 Å². The third-order valence-corrected chi connectivity index (χ3v) is 5.51. The van der Waals surface area contributed by atoms with Crippen molar-refractivity contribution in [2.45, 2.75) is 27.2 Å². The Morgan fingerprint density at radius 1 is 0.765 bits per heavy atom. The maximum absolute atomic E-state index is 12.8. The van der Waals surface area contributed by atoms with E-state index in [1.54, 1.807) is 12.1 Å². The third kappa shape index (κ3) is 6.11. The van der Waals surface area contributed by atoms with Crippen LogP contribution >= 0.6 is 11.6 Å². The molecule has 6 nitrogen and oxygen atoms in total. The number of nitrogens with zero attached hydrogens (tertiary/aromatic N) is 2. The number of rotatable bonds is 7. The number of amides is 1. The second-order valence-electron chi connectivity index (χ2n) is 8.19. The minimum Gasteiger partial charge on any atom is -0.338 e. The molecule has 1 heterocycles. The molecule has 7 heteroatoms. The summed E-state index contributed by atoms with van der Waals surface area (Å²) in [4.78, 5) is 22.1. The van der Waals surface area contributed by atoms with E-state index in [4.69, 9.17) is 11.6 Å². The number of hydrogen-bond donors (Lipinski definition) is 3. The van der Waals surface area contributed by atoms with Crippen LogP contribution in [0.25, 0.3) is 0 Å². The van der Waals surface area contributed by atoms with Crippen molar-refractivity contribution < 1.29 is 4.79 Å². The zero-order chi connectivity index (χ0) is 24.1. The van der Waals surface area contributed by atoms with E-state index in [1.165, 1.54) is 5.56 Å². The van der Waals surface area contributed by atoms with Gasteiger partial charge >= 0.3 is 0 Å². The molecule has 4 aromatic rings. The van der Waals surface area contributed by atoms with Gasteiger partial charge in [-0.05, 0) is 62.7 Å². The maximum atomic E-state index is 12.8. The average molecular weight is 472 g/mol. The molecule has 4 rings (SSSR count). The van der Waals surface area contributed by atoms with Crippen LogP contribution < -0.4 is 16.0 Å². The third-order valence-electron chi connectivity index (χ3n) is 5.25. The number of hydrogen-bond acceptors (Lipinski definition) is 5. The smallest absolute Gasteiger partial charge is 0.229 e. The van der Waals surface area contributed by atoms with E-state index in [0.29, 0.717) is 28.2 Å². The minimum atomic E-state index is -0.166. The maximum Gasteiger partial charge on any atom is 0.229 e. The molecule has 0 saturated heterocycles. The first-order valence-corrected chi connectivity index (χ1v) is 11.3. The van der Waals surface area contributed by atoms with Gasteiger partial charge in [-0.3, -0.25) is 4.79 Å². The van der Waals surface area contributed by atoms with Crippen molar-refractivity contribution in [3.05, 3.63) is 100 Å². The van der Waals surface area contributed by atoms with Crippen LogP contribution in [0.3, 0.4) is 0 Å². The van der Waals surface area contributed by atoms with E-state index < -0.39 is 0 Å². The van der Waals surface area contributed by atoms with Gasteiger partial charge in [-0.25, -0.2) is 4.98 Å². The van der Waals surface area contributed by atoms with Gasteiger partial charge in [0.05, 0.1) is 12.1 Å². The Balaban J connectivity index is 1.62. The molecule has 0 saturated carbocycles. The van der Waals surface area contributed by atoms with Gasteiger partial charge in [0.1, 0.15) is 5.69 Å². The highest BCUT2D eigenvalue weighted by Gasteiger charge is 2.16. The van der Waals surface area contributed by atoms with Gasteiger partial charge in [0, 0.05) is 16.4 Å². The Labute approximate surface area is 204 Å². The SMILES string of the molecule is Cc1ccc(Nc2nc(C)c(NC(=O)Cc3ccc(Cl)cc3)c(Nc3ccc(C)cc3)n2)cc1. The summed E-state index contributed by atoms with van der Waals surface area (Å²) in [6.45, 7) is 5.92. The Hall–Kier alpha value is -3.90.